The second-order valence-corrected chi connectivity index (χ2v) is 6.39. The summed E-state index contributed by atoms with van der Waals surface area (Å²) in [6.45, 7) is 2.13. The van der Waals surface area contributed by atoms with Crippen molar-refractivity contribution in [3.8, 4) is 11.1 Å². The van der Waals surface area contributed by atoms with Crippen LogP contribution in [0.15, 0.2) is 48.5 Å². The molecule has 0 aliphatic heterocycles. The Morgan fingerprint density at radius 3 is 2.20 bits per heavy atom. The SMILES string of the molecule is CCCCc1ccccc1-c1ccccc1P(=O)(O)O. The highest BCUT2D eigenvalue weighted by Crippen LogP contribution is 2.38. The van der Waals surface area contributed by atoms with E-state index in [9.17, 15) is 14.4 Å². The summed E-state index contributed by atoms with van der Waals surface area (Å²) in [6, 6.07) is 14.6. The molecule has 0 bridgehead atoms. The van der Waals surface area contributed by atoms with Crippen LogP contribution in [0, 0.1) is 0 Å². The van der Waals surface area contributed by atoms with Crippen LogP contribution in [0.2, 0.25) is 0 Å². The van der Waals surface area contributed by atoms with Crippen LogP contribution in [0.1, 0.15) is 25.3 Å². The Bertz CT molecular complexity index is 631. The lowest BCUT2D eigenvalue weighted by molar-refractivity contribution is 0.387. The quantitative estimate of drug-likeness (QED) is 0.829. The van der Waals surface area contributed by atoms with Crippen molar-refractivity contribution >= 4 is 12.9 Å². The predicted molar refractivity (Wildman–Crippen MR) is 82.2 cm³/mol. The van der Waals surface area contributed by atoms with Crippen molar-refractivity contribution in [2.45, 2.75) is 26.2 Å². The van der Waals surface area contributed by atoms with E-state index in [0.717, 1.165) is 30.4 Å². The average molecular weight is 290 g/mol. The topological polar surface area (TPSA) is 57.5 Å². The zero-order chi connectivity index (χ0) is 14.6. The fourth-order valence-electron chi connectivity index (χ4n) is 2.32. The zero-order valence-electron chi connectivity index (χ0n) is 11.5. The van der Waals surface area contributed by atoms with Gasteiger partial charge in [0.25, 0.3) is 0 Å². The van der Waals surface area contributed by atoms with Gasteiger partial charge < -0.3 is 9.79 Å². The maximum absolute atomic E-state index is 11.6. The Labute approximate surface area is 119 Å². The minimum Gasteiger partial charge on any atom is -0.321 e. The first kappa shape index (κ1) is 15.0. The Hall–Kier alpha value is -1.41. The molecule has 0 fully saturated rings. The molecule has 0 saturated heterocycles. The molecule has 0 saturated carbocycles. The van der Waals surface area contributed by atoms with E-state index in [2.05, 4.69) is 6.92 Å². The monoisotopic (exact) mass is 290 g/mol. The number of hydrogen-bond acceptors (Lipinski definition) is 1. The fourth-order valence-corrected chi connectivity index (χ4v) is 3.11. The molecule has 4 heteroatoms. The van der Waals surface area contributed by atoms with Crippen molar-refractivity contribution in [2.75, 3.05) is 0 Å². The number of benzene rings is 2. The highest BCUT2D eigenvalue weighted by atomic mass is 31.2. The molecule has 0 heterocycles. The third-order valence-electron chi connectivity index (χ3n) is 3.33. The third-order valence-corrected chi connectivity index (χ3v) is 4.34. The molecule has 20 heavy (non-hydrogen) atoms. The third kappa shape index (κ3) is 3.37. The van der Waals surface area contributed by atoms with E-state index in [1.54, 1.807) is 12.1 Å². The zero-order valence-corrected chi connectivity index (χ0v) is 12.4. The molecule has 0 amide bonds. The summed E-state index contributed by atoms with van der Waals surface area (Å²) < 4.78 is 11.6. The molecule has 0 unspecified atom stereocenters. The molecular formula is C16H19O3P. The summed E-state index contributed by atoms with van der Waals surface area (Å²) in [4.78, 5) is 19.0. The summed E-state index contributed by atoms with van der Waals surface area (Å²) in [5, 5.41) is 0.101. The summed E-state index contributed by atoms with van der Waals surface area (Å²) in [6.07, 6.45) is 3.08. The van der Waals surface area contributed by atoms with Crippen LogP contribution in [0.3, 0.4) is 0 Å². The van der Waals surface area contributed by atoms with Crippen LogP contribution in [-0.2, 0) is 11.0 Å². The van der Waals surface area contributed by atoms with E-state index >= 15 is 0 Å². The van der Waals surface area contributed by atoms with Crippen molar-refractivity contribution in [2.24, 2.45) is 0 Å². The van der Waals surface area contributed by atoms with Gasteiger partial charge in [-0.1, -0.05) is 55.8 Å². The highest BCUT2D eigenvalue weighted by Gasteiger charge is 2.22. The van der Waals surface area contributed by atoms with Crippen molar-refractivity contribution in [3.05, 3.63) is 54.1 Å². The second-order valence-electron chi connectivity index (χ2n) is 4.82. The molecule has 0 aromatic heterocycles. The summed E-state index contributed by atoms with van der Waals surface area (Å²) in [7, 11) is -4.27. The van der Waals surface area contributed by atoms with E-state index in [0.29, 0.717) is 5.56 Å². The van der Waals surface area contributed by atoms with Crippen LogP contribution in [0.5, 0.6) is 0 Å². The first-order chi connectivity index (χ1) is 9.54. The van der Waals surface area contributed by atoms with Crippen LogP contribution in [-0.4, -0.2) is 9.79 Å². The van der Waals surface area contributed by atoms with Gasteiger partial charge in [-0.05, 0) is 35.6 Å². The summed E-state index contributed by atoms with van der Waals surface area (Å²) in [5.41, 5.74) is 2.68. The van der Waals surface area contributed by atoms with Crippen molar-refractivity contribution < 1.29 is 14.4 Å². The summed E-state index contributed by atoms with van der Waals surface area (Å²) >= 11 is 0. The number of hydrogen-bond donors (Lipinski definition) is 2. The van der Waals surface area contributed by atoms with Crippen LogP contribution in [0.4, 0.5) is 0 Å². The molecule has 106 valence electrons. The number of rotatable bonds is 5. The average Bonchev–Trinajstić information content (AvgIpc) is 2.44. The maximum atomic E-state index is 11.6. The van der Waals surface area contributed by atoms with Crippen LogP contribution in [0.25, 0.3) is 11.1 Å². The van der Waals surface area contributed by atoms with Crippen LogP contribution < -0.4 is 5.30 Å². The van der Waals surface area contributed by atoms with Gasteiger partial charge in [-0.2, -0.15) is 0 Å². The fraction of sp³-hybridized carbons (Fsp3) is 0.250. The van der Waals surface area contributed by atoms with Gasteiger partial charge in [0.1, 0.15) is 0 Å². The molecule has 3 nitrogen and oxygen atoms in total. The standard InChI is InChI=1S/C16H19O3P/c1-2-3-8-13-9-4-5-10-14(13)15-11-6-7-12-16(15)20(17,18)19/h4-7,9-12H,2-3,8H2,1H3,(H2,17,18,19). The normalized spacial score (nSPS) is 11.6. The van der Waals surface area contributed by atoms with Gasteiger partial charge in [-0.3, -0.25) is 4.57 Å². The Kier molecular flexibility index (Phi) is 4.77. The molecular weight excluding hydrogens is 271 g/mol. The van der Waals surface area contributed by atoms with Gasteiger partial charge in [0.15, 0.2) is 0 Å². The lowest BCUT2D eigenvalue weighted by Gasteiger charge is -2.14. The molecule has 2 N–H and O–H groups in total. The van der Waals surface area contributed by atoms with Crippen molar-refractivity contribution in [1.29, 1.82) is 0 Å². The highest BCUT2D eigenvalue weighted by molar-refractivity contribution is 7.60. The molecule has 0 spiro atoms. The molecule has 0 aliphatic rings. The van der Waals surface area contributed by atoms with E-state index in [1.165, 1.54) is 6.07 Å². The first-order valence-corrected chi connectivity index (χ1v) is 8.38. The molecule has 0 aliphatic carbocycles. The molecule has 2 aromatic carbocycles. The van der Waals surface area contributed by atoms with Gasteiger partial charge in [0.2, 0.25) is 0 Å². The van der Waals surface area contributed by atoms with Gasteiger partial charge in [0, 0.05) is 0 Å². The first-order valence-electron chi connectivity index (χ1n) is 6.77. The predicted octanol–water partition coefficient (Wildman–Crippen LogP) is 3.50. The maximum Gasteiger partial charge on any atom is 0.356 e. The van der Waals surface area contributed by atoms with E-state index < -0.39 is 7.60 Å². The molecule has 0 radical (unpaired) electrons. The van der Waals surface area contributed by atoms with E-state index in [1.807, 2.05) is 30.3 Å². The van der Waals surface area contributed by atoms with Gasteiger partial charge in [-0.15, -0.1) is 0 Å². The van der Waals surface area contributed by atoms with Gasteiger partial charge in [0.05, 0.1) is 5.30 Å². The Balaban J connectivity index is 2.55. The summed E-state index contributed by atoms with van der Waals surface area (Å²) in [5.74, 6) is 0. The van der Waals surface area contributed by atoms with E-state index in [4.69, 9.17) is 0 Å². The minimum absolute atomic E-state index is 0.101. The smallest absolute Gasteiger partial charge is 0.321 e. The number of aryl methyl sites for hydroxylation is 1. The van der Waals surface area contributed by atoms with Crippen LogP contribution >= 0.6 is 7.60 Å². The van der Waals surface area contributed by atoms with Gasteiger partial charge in [-0.25, -0.2) is 0 Å². The lowest BCUT2D eigenvalue weighted by atomic mass is 9.96. The Morgan fingerprint density at radius 1 is 0.950 bits per heavy atom. The Morgan fingerprint density at radius 2 is 1.55 bits per heavy atom. The van der Waals surface area contributed by atoms with Gasteiger partial charge >= 0.3 is 7.60 Å². The number of unbranched alkanes of at least 4 members (excludes halogenated alkanes) is 1. The molecule has 0 atom stereocenters. The lowest BCUT2D eigenvalue weighted by Crippen LogP contribution is -2.08. The van der Waals surface area contributed by atoms with Crippen molar-refractivity contribution in [1.82, 2.24) is 0 Å². The second kappa shape index (κ2) is 6.36. The molecule has 2 rings (SSSR count). The van der Waals surface area contributed by atoms with E-state index in [-0.39, 0.29) is 5.30 Å². The largest absolute Gasteiger partial charge is 0.356 e. The minimum atomic E-state index is -4.27. The van der Waals surface area contributed by atoms with Crippen molar-refractivity contribution in [3.63, 3.8) is 0 Å². The molecule has 2 aromatic rings.